The van der Waals surface area contributed by atoms with Crippen LogP contribution in [0.1, 0.15) is 39.2 Å². The number of ether oxygens (including phenoxy) is 1. The van der Waals surface area contributed by atoms with Crippen LogP contribution in [0.2, 0.25) is 0 Å². The van der Waals surface area contributed by atoms with Crippen molar-refractivity contribution in [2.75, 3.05) is 19.0 Å². The summed E-state index contributed by atoms with van der Waals surface area (Å²) in [5.74, 6) is 1.01. The molecule has 17 heavy (non-hydrogen) atoms. The van der Waals surface area contributed by atoms with Crippen LogP contribution >= 0.6 is 0 Å². The normalized spacial score (nSPS) is 15.8. The Bertz CT molecular complexity index is 403. The molecule has 1 aromatic rings. The Morgan fingerprint density at radius 3 is 2.35 bits per heavy atom. The van der Waals surface area contributed by atoms with Gasteiger partial charge in [-0.2, -0.15) is 0 Å². The van der Waals surface area contributed by atoms with Crippen molar-refractivity contribution in [1.29, 1.82) is 0 Å². The van der Waals surface area contributed by atoms with Gasteiger partial charge in [0.2, 0.25) is 0 Å². The van der Waals surface area contributed by atoms with Gasteiger partial charge in [0.05, 0.1) is 18.0 Å². The van der Waals surface area contributed by atoms with Gasteiger partial charge in [0.25, 0.3) is 0 Å². The van der Waals surface area contributed by atoms with Crippen molar-refractivity contribution in [1.82, 2.24) is 4.98 Å². The van der Waals surface area contributed by atoms with Crippen LogP contribution in [0.4, 0.5) is 5.69 Å². The molecule has 0 saturated heterocycles. The third-order valence-corrected chi connectivity index (χ3v) is 2.98. The standard InChI is InChI=1S/C14H22N2O/c1-14(2,3)11-8-15-9-12(16(4)5)13(11)17-10-6-7-10/h8-10H,6-7H2,1-5H3. The summed E-state index contributed by atoms with van der Waals surface area (Å²) in [6, 6.07) is 0. The second-order valence-corrected chi connectivity index (χ2v) is 6.00. The average Bonchev–Trinajstić information content (AvgIpc) is 3.00. The zero-order chi connectivity index (χ0) is 12.6. The van der Waals surface area contributed by atoms with Crippen LogP contribution in [0.25, 0.3) is 0 Å². The van der Waals surface area contributed by atoms with Crippen molar-refractivity contribution < 1.29 is 4.74 Å². The van der Waals surface area contributed by atoms with Gasteiger partial charge in [-0.15, -0.1) is 0 Å². The van der Waals surface area contributed by atoms with Crippen LogP contribution in [0.15, 0.2) is 12.4 Å². The molecule has 0 unspecified atom stereocenters. The first-order valence-electron chi connectivity index (χ1n) is 6.22. The quantitative estimate of drug-likeness (QED) is 0.804. The van der Waals surface area contributed by atoms with E-state index in [-0.39, 0.29) is 5.41 Å². The van der Waals surface area contributed by atoms with Crippen molar-refractivity contribution in [2.24, 2.45) is 0 Å². The lowest BCUT2D eigenvalue weighted by atomic mass is 9.87. The summed E-state index contributed by atoms with van der Waals surface area (Å²) in [4.78, 5) is 6.41. The van der Waals surface area contributed by atoms with E-state index in [1.807, 2.05) is 26.5 Å². The van der Waals surface area contributed by atoms with E-state index in [4.69, 9.17) is 4.74 Å². The molecule has 0 amide bonds. The predicted octanol–water partition coefficient (Wildman–Crippen LogP) is 2.99. The highest BCUT2D eigenvalue weighted by Gasteiger charge is 2.29. The van der Waals surface area contributed by atoms with E-state index in [0.717, 1.165) is 11.4 Å². The molecule has 3 nitrogen and oxygen atoms in total. The Kier molecular flexibility index (Phi) is 3.02. The molecule has 1 fully saturated rings. The van der Waals surface area contributed by atoms with Gasteiger partial charge < -0.3 is 9.64 Å². The van der Waals surface area contributed by atoms with E-state index in [0.29, 0.717) is 6.10 Å². The first kappa shape index (κ1) is 12.2. The smallest absolute Gasteiger partial charge is 0.149 e. The number of anilines is 1. The summed E-state index contributed by atoms with van der Waals surface area (Å²) in [5, 5.41) is 0. The van der Waals surface area contributed by atoms with Crippen molar-refractivity contribution in [3.8, 4) is 5.75 Å². The molecule has 94 valence electrons. The van der Waals surface area contributed by atoms with E-state index in [1.54, 1.807) is 0 Å². The zero-order valence-electron chi connectivity index (χ0n) is 11.4. The minimum atomic E-state index is 0.0588. The molecule has 3 heteroatoms. The van der Waals surface area contributed by atoms with Gasteiger partial charge in [-0.05, 0) is 18.3 Å². The molecule has 0 aromatic carbocycles. The van der Waals surface area contributed by atoms with Gasteiger partial charge in [-0.25, -0.2) is 0 Å². The number of hydrogen-bond acceptors (Lipinski definition) is 3. The Labute approximate surface area is 104 Å². The summed E-state index contributed by atoms with van der Waals surface area (Å²) in [6.45, 7) is 6.59. The van der Waals surface area contributed by atoms with Crippen LogP contribution < -0.4 is 9.64 Å². The van der Waals surface area contributed by atoms with Crippen molar-refractivity contribution >= 4 is 5.69 Å². The topological polar surface area (TPSA) is 25.4 Å². The van der Waals surface area contributed by atoms with E-state index >= 15 is 0 Å². The van der Waals surface area contributed by atoms with E-state index in [2.05, 4.69) is 30.7 Å². The average molecular weight is 234 g/mol. The lowest BCUT2D eigenvalue weighted by Crippen LogP contribution is -2.18. The Morgan fingerprint density at radius 2 is 1.88 bits per heavy atom. The lowest BCUT2D eigenvalue weighted by molar-refractivity contribution is 0.295. The molecular weight excluding hydrogens is 212 g/mol. The molecule has 0 aliphatic heterocycles. The summed E-state index contributed by atoms with van der Waals surface area (Å²) in [6.07, 6.45) is 6.59. The molecule has 1 saturated carbocycles. The van der Waals surface area contributed by atoms with Gasteiger partial charge in [0.1, 0.15) is 5.75 Å². The first-order chi connectivity index (χ1) is 7.89. The molecular formula is C14H22N2O. The molecule has 0 radical (unpaired) electrons. The van der Waals surface area contributed by atoms with Crippen molar-refractivity contribution in [2.45, 2.75) is 45.1 Å². The van der Waals surface area contributed by atoms with Crippen molar-refractivity contribution in [3.63, 3.8) is 0 Å². The molecule has 1 aromatic heterocycles. The van der Waals surface area contributed by atoms with Gasteiger partial charge in [-0.3, -0.25) is 4.98 Å². The molecule has 1 heterocycles. The van der Waals surface area contributed by atoms with Gasteiger partial charge in [-0.1, -0.05) is 20.8 Å². The van der Waals surface area contributed by atoms with Crippen molar-refractivity contribution in [3.05, 3.63) is 18.0 Å². The van der Waals surface area contributed by atoms with Crippen LogP contribution in [0.3, 0.4) is 0 Å². The fourth-order valence-corrected chi connectivity index (χ4v) is 1.77. The molecule has 0 bridgehead atoms. The Morgan fingerprint density at radius 1 is 1.24 bits per heavy atom. The van der Waals surface area contributed by atoms with Crippen LogP contribution in [-0.2, 0) is 5.41 Å². The highest BCUT2D eigenvalue weighted by atomic mass is 16.5. The second kappa shape index (κ2) is 4.21. The largest absolute Gasteiger partial charge is 0.488 e. The predicted molar refractivity (Wildman–Crippen MR) is 70.9 cm³/mol. The number of rotatable bonds is 3. The van der Waals surface area contributed by atoms with E-state index in [1.165, 1.54) is 18.4 Å². The van der Waals surface area contributed by atoms with E-state index in [9.17, 15) is 0 Å². The number of pyridine rings is 1. The third-order valence-electron chi connectivity index (χ3n) is 2.98. The number of nitrogens with zero attached hydrogens (tertiary/aromatic N) is 2. The Balaban J connectivity index is 2.45. The summed E-state index contributed by atoms with van der Waals surface area (Å²) in [7, 11) is 4.06. The summed E-state index contributed by atoms with van der Waals surface area (Å²) in [5.41, 5.74) is 2.32. The SMILES string of the molecule is CN(C)c1cncc(C(C)(C)C)c1OC1CC1. The molecule has 0 atom stereocenters. The minimum Gasteiger partial charge on any atom is -0.488 e. The maximum Gasteiger partial charge on any atom is 0.149 e. The number of hydrogen-bond donors (Lipinski definition) is 0. The lowest BCUT2D eigenvalue weighted by Gasteiger charge is -2.26. The van der Waals surface area contributed by atoms with Crippen LogP contribution in [-0.4, -0.2) is 25.2 Å². The molecule has 1 aliphatic carbocycles. The van der Waals surface area contributed by atoms with Gasteiger partial charge >= 0.3 is 0 Å². The van der Waals surface area contributed by atoms with Crippen LogP contribution in [0.5, 0.6) is 5.75 Å². The molecule has 0 spiro atoms. The van der Waals surface area contributed by atoms with Gasteiger partial charge in [0.15, 0.2) is 0 Å². The van der Waals surface area contributed by atoms with E-state index < -0.39 is 0 Å². The molecule has 0 N–H and O–H groups in total. The zero-order valence-corrected chi connectivity index (χ0v) is 11.4. The highest BCUT2D eigenvalue weighted by Crippen LogP contribution is 2.40. The highest BCUT2D eigenvalue weighted by molar-refractivity contribution is 5.61. The second-order valence-electron chi connectivity index (χ2n) is 6.00. The summed E-state index contributed by atoms with van der Waals surface area (Å²) < 4.78 is 6.09. The third kappa shape index (κ3) is 2.71. The fraction of sp³-hybridized carbons (Fsp3) is 0.643. The van der Waals surface area contributed by atoms with Crippen LogP contribution in [0, 0.1) is 0 Å². The Hall–Kier alpha value is -1.25. The molecule has 1 aliphatic rings. The molecule has 2 rings (SSSR count). The fourth-order valence-electron chi connectivity index (χ4n) is 1.77. The summed E-state index contributed by atoms with van der Waals surface area (Å²) >= 11 is 0. The monoisotopic (exact) mass is 234 g/mol. The minimum absolute atomic E-state index is 0.0588. The maximum absolute atomic E-state index is 6.09. The number of aromatic nitrogens is 1. The van der Waals surface area contributed by atoms with Gasteiger partial charge in [0, 0.05) is 25.9 Å². The maximum atomic E-state index is 6.09. The first-order valence-corrected chi connectivity index (χ1v) is 6.22.